The minimum atomic E-state index is -0.603. The van der Waals surface area contributed by atoms with Gasteiger partial charge in [0.05, 0.1) is 0 Å². The highest BCUT2D eigenvalue weighted by atomic mass is 28.3. The standard InChI is InChI=1S/C7H16Si/c1-7-4-5-8(2,3)6-7/h7H,4-6H2,1-3H3/t7-/m1/s1. The van der Waals surface area contributed by atoms with Crippen LogP contribution < -0.4 is 0 Å². The molecule has 0 bridgehead atoms. The Morgan fingerprint density at radius 1 is 1.38 bits per heavy atom. The van der Waals surface area contributed by atoms with E-state index in [1.807, 2.05) is 0 Å². The van der Waals surface area contributed by atoms with Gasteiger partial charge in [-0.2, -0.15) is 0 Å². The Labute approximate surface area is 53.3 Å². The molecule has 1 saturated heterocycles. The van der Waals surface area contributed by atoms with E-state index in [1.54, 1.807) is 12.1 Å². The van der Waals surface area contributed by atoms with Crippen LogP contribution in [0.4, 0.5) is 0 Å². The molecule has 0 radical (unpaired) electrons. The molecule has 1 heterocycles. The molecule has 0 unspecified atom stereocenters. The molecule has 1 rings (SSSR count). The van der Waals surface area contributed by atoms with Crippen LogP contribution in [-0.2, 0) is 0 Å². The minimum Gasteiger partial charge on any atom is -0.0693 e. The van der Waals surface area contributed by atoms with E-state index in [0.717, 1.165) is 5.92 Å². The van der Waals surface area contributed by atoms with Crippen molar-refractivity contribution in [3.8, 4) is 0 Å². The van der Waals surface area contributed by atoms with Gasteiger partial charge in [0.2, 0.25) is 0 Å². The minimum absolute atomic E-state index is 0.603. The molecule has 1 aliphatic rings. The van der Waals surface area contributed by atoms with Crippen LogP contribution in [0.1, 0.15) is 13.3 Å². The lowest BCUT2D eigenvalue weighted by atomic mass is 10.2. The second-order valence-corrected chi connectivity index (χ2v) is 9.25. The highest BCUT2D eigenvalue weighted by molar-refractivity contribution is 6.78. The molecular weight excluding hydrogens is 112 g/mol. The number of hydrogen-bond donors (Lipinski definition) is 0. The van der Waals surface area contributed by atoms with Crippen molar-refractivity contribution >= 4 is 8.07 Å². The van der Waals surface area contributed by atoms with Crippen LogP contribution in [0, 0.1) is 5.92 Å². The molecule has 0 aromatic carbocycles. The lowest BCUT2D eigenvalue weighted by Crippen LogP contribution is -2.18. The molecule has 0 N–H and O–H groups in total. The fourth-order valence-corrected chi connectivity index (χ4v) is 5.35. The molecular formula is C7H16Si. The van der Waals surface area contributed by atoms with Crippen molar-refractivity contribution in [2.45, 2.75) is 38.5 Å². The molecule has 0 spiro atoms. The molecule has 0 nitrogen and oxygen atoms in total. The van der Waals surface area contributed by atoms with Crippen molar-refractivity contribution in [3.05, 3.63) is 0 Å². The van der Waals surface area contributed by atoms with Crippen LogP contribution in [0.5, 0.6) is 0 Å². The van der Waals surface area contributed by atoms with E-state index in [2.05, 4.69) is 20.0 Å². The summed E-state index contributed by atoms with van der Waals surface area (Å²) in [6.07, 6.45) is 1.51. The normalized spacial score (nSPS) is 35.6. The van der Waals surface area contributed by atoms with Crippen molar-refractivity contribution in [2.75, 3.05) is 0 Å². The zero-order valence-electron chi connectivity index (χ0n) is 6.20. The first-order valence-corrected chi connectivity index (χ1v) is 7.02. The summed E-state index contributed by atoms with van der Waals surface area (Å²) in [7, 11) is -0.603. The molecule has 8 heavy (non-hydrogen) atoms. The molecule has 1 heteroatoms. The SMILES string of the molecule is C[C@@H]1CC[Si](C)(C)C1. The zero-order chi connectivity index (χ0) is 6.20. The Morgan fingerprint density at radius 2 is 2.00 bits per heavy atom. The maximum absolute atomic E-state index is 2.51. The largest absolute Gasteiger partial charge is 0.0693 e. The van der Waals surface area contributed by atoms with Gasteiger partial charge in [0.1, 0.15) is 0 Å². The average Bonchev–Trinajstić information content (AvgIpc) is 1.82. The van der Waals surface area contributed by atoms with E-state index < -0.39 is 8.07 Å². The summed E-state index contributed by atoms with van der Waals surface area (Å²) in [4.78, 5) is 0. The number of hydrogen-bond acceptors (Lipinski definition) is 0. The van der Waals surface area contributed by atoms with Crippen LogP contribution in [0.3, 0.4) is 0 Å². The van der Waals surface area contributed by atoms with Crippen LogP contribution >= 0.6 is 0 Å². The molecule has 48 valence electrons. The van der Waals surface area contributed by atoms with Gasteiger partial charge in [0, 0.05) is 8.07 Å². The molecule has 1 fully saturated rings. The predicted octanol–water partition coefficient (Wildman–Crippen LogP) is 2.73. The summed E-state index contributed by atoms with van der Waals surface area (Å²) in [5, 5.41) is 0. The molecule has 1 aliphatic heterocycles. The van der Waals surface area contributed by atoms with Crippen LogP contribution in [-0.4, -0.2) is 8.07 Å². The maximum Gasteiger partial charge on any atom is 0.0476 e. The fraction of sp³-hybridized carbons (Fsp3) is 1.00. The predicted molar refractivity (Wildman–Crippen MR) is 40.9 cm³/mol. The molecule has 0 aromatic heterocycles. The van der Waals surface area contributed by atoms with Gasteiger partial charge in [0.25, 0.3) is 0 Å². The molecule has 0 aliphatic carbocycles. The zero-order valence-corrected chi connectivity index (χ0v) is 7.20. The van der Waals surface area contributed by atoms with Crippen LogP contribution in [0.2, 0.25) is 25.2 Å². The van der Waals surface area contributed by atoms with E-state index in [1.165, 1.54) is 6.42 Å². The third kappa shape index (κ3) is 1.34. The van der Waals surface area contributed by atoms with Gasteiger partial charge < -0.3 is 0 Å². The van der Waals surface area contributed by atoms with E-state index >= 15 is 0 Å². The third-order valence-electron chi connectivity index (χ3n) is 2.21. The Balaban J connectivity index is 2.44. The van der Waals surface area contributed by atoms with Crippen molar-refractivity contribution < 1.29 is 0 Å². The van der Waals surface area contributed by atoms with E-state index in [9.17, 15) is 0 Å². The van der Waals surface area contributed by atoms with Crippen molar-refractivity contribution in [2.24, 2.45) is 5.92 Å². The topological polar surface area (TPSA) is 0 Å². The molecule has 0 saturated carbocycles. The summed E-state index contributed by atoms with van der Waals surface area (Å²) in [6, 6.07) is 3.15. The second kappa shape index (κ2) is 1.87. The second-order valence-electron chi connectivity index (χ2n) is 4.01. The first kappa shape index (κ1) is 6.34. The summed E-state index contributed by atoms with van der Waals surface area (Å²) in [6.45, 7) is 7.41. The smallest absolute Gasteiger partial charge is 0.0476 e. The van der Waals surface area contributed by atoms with Gasteiger partial charge in [-0.25, -0.2) is 0 Å². The van der Waals surface area contributed by atoms with E-state index in [-0.39, 0.29) is 0 Å². The van der Waals surface area contributed by atoms with Gasteiger partial charge in [0.15, 0.2) is 0 Å². The van der Waals surface area contributed by atoms with Crippen molar-refractivity contribution in [1.82, 2.24) is 0 Å². The Kier molecular flexibility index (Phi) is 1.48. The Hall–Kier alpha value is 0.217. The first-order chi connectivity index (χ1) is 3.60. The molecule has 0 amide bonds. The maximum atomic E-state index is 2.51. The highest BCUT2D eigenvalue weighted by Gasteiger charge is 2.29. The highest BCUT2D eigenvalue weighted by Crippen LogP contribution is 2.33. The monoisotopic (exact) mass is 128 g/mol. The van der Waals surface area contributed by atoms with Crippen molar-refractivity contribution in [3.63, 3.8) is 0 Å². The van der Waals surface area contributed by atoms with Crippen LogP contribution in [0.15, 0.2) is 0 Å². The lowest BCUT2D eigenvalue weighted by molar-refractivity contribution is 0.658. The number of rotatable bonds is 0. The molecule has 0 aromatic rings. The lowest BCUT2D eigenvalue weighted by Gasteiger charge is -2.12. The summed E-state index contributed by atoms with van der Waals surface area (Å²) in [5.74, 6) is 1.05. The fourth-order valence-electron chi connectivity index (χ4n) is 1.78. The first-order valence-electron chi connectivity index (χ1n) is 3.60. The average molecular weight is 128 g/mol. The molecule has 1 atom stereocenters. The Bertz CT molecular complexity index is 86.4. The van der Waals surface area contributed by atoms with Gasteiger partial charge in [-0.3, -0.25) is 0 Å². The third-order valence-corrected chi connectivity index (χ3v) is 5.66. The van der Waals surface area contributed by atoms with Gasteiger partial charge in [-0.15, -0.1) is 0 Å². The summed E-state index contributed by atoms with van der Waals surface area (Å²) >= 11 is 0. The Morgan fingerprint density at radius 3 is 2.12 bits per heavy atom. The van der Waals surface area contributed by atoms with E-state index in [4.69, 9.17) is 0 Å². The van der Waals surface area contributed by atoms with E-state index in [0.29, 0.717) is 0 Å². The van der Waals surface area contributed by atoms with Gasteiger partial charge in [-0.05, 0) is 5.92 Å². The summed E-state index contributed by atoms with van der Waals surface area (Å²) < 4.78 is 0. The van der Waals surface area contributed by atoms with Crippen LogP contribution in [0.25, 0.3) is 0 Å². The van der Waals surface area contributed by atoms with Crippen molar-refractivity contribution in [1.29, 1.82) is 0 Å². The van der Waals surface area contributed by atoms with Gasteiger partial charge >= 0.3 is 0 Å². The van der Waals surface area contributed by atoms with Gasteiger partial charge in [-0.1, -0.05) is 38.5 Å². The summed E-state index contributed by atoms with van der Waals surface area (Å²) in [5.41, 5.74) is 0. The quantitative estimate of drug-likeness (QED) is 0.440.